The number of ether oxygens (including phenoxy) is 4. The van der Waals surface area contributed by atoms with E-state index in [0.717, 1.165) is 20.3 Å². The summed E-state index contributed by atoms with van der Waals surface area (Å²) in [4.78, 5) is 27.7. The van der Waals surface area contributed by atoms with Crippen LogP contribution in [0.5, 0.6) is 11.5 Å². The molecule has 9 nitrogen and oxygen atoms in total. The van der Waals surface area contributed by atoms with Crippen molar-refractivity contribution in [3.05, 3.63) is 158 Å². The Morgan fingerprint density at radius 3 is 1.89 bits per heavy atom. The Bertz CT molecular complexity index is 1850. The van der Waals surface area contributed by atoms with E-state index in [1.807, 2.05) is 109 Å². The average Bonchev–Trinajstić information content (AvgIpc) is 3.41. The Labute approximate surface area is 282 Å². The zero-order chi connectivity index (χ0) is 33.0. The van der Waals surface area contributed by atoms with Gasteiger partial charge in [0.25, 0.3) is 0 Å². The fourth-order valence-electron chi connectivity index (χ4n) is 5.92. The Kier molecular flexibility index (Phi) is 9.97. The van der Waals surface area contributed by atoms with Crippen LogP contribution in [-0.4, -0.2) is 68.6 Å². The van der Waals surface area contributed by atoms with Crippen LogP contribution >= 0.6 is 0 Å². The molecule has 1 fully saturated rings. The van der Waals surface area contributed by atoms with Gasteiger partial charge in [-0.15, -0.1) is 0 Å². The summed E-state index contributed by atoms with van der Waals surface area (Å²) in [5.74, 6) is 1.41. The first kappa shape index (κ1) is 32.8. The molecule has 0 aliphatic carbocycles. The van der Waals surface area contributed by atoms with Crippen LogP contribution in [-0.2, 0) is 15.1 Å². The van der Waals surface area contributed by atoms with E-state index >= 15 is 0 Å². The average molecular weight is 748 g/mol. The van der Waals surface area contributed by atoms with Crippen molar-refractivity contribution in [2.24, 2.45) is 0 Å². The van der Waals surface area contributed by atoms with E-state index in [1.165, 1.54) is 10.8 Å². The van der Waals surface area contributed by atoms with E-state index in [-0.39, 0.29) is 10.6 Å². The predicted molar refractivity (Wildman–Crippen MR) is 180 cm³/mol. The molecule has 0 saturated carbocycles. The van der Waals surface area contributed by atoms with Gasteiger partial charge in [0, 0.05) is 0 Å². The Balaban J connectivity index is 1.42. The van der Waals surface area contributed by atoms with Crippen molar-refractivity contribution in [3.63, 3.8) is 0 Å². The van der Waals surface area contributed by atoms with Gasteiger partial charge < -0.3 is 0 Å². The first-order chi connectivity index (χ1) is 22.8. The molecule has 10 heteroatoms. The van der Waals surface area contributed by atoms with Crippen LogP contribution in [0.2, 0.25) is 3.97 Å². The fourth-order valence-corrected chi connectivity index (χ4v) is 9.50. The molecule has 1 aliphatic heterocycles. The molecule has 4 aromatic carbocycles. The van der Waals surface area contributed by atoms with Crippen LogP contribution < -0.4 is 24.3 Å². The monoisotopic (exact) mass is 750 g/mol. The van der Waals surface area contributed by atoms with Crippen molar-refractivity contribution < 1.29 is 24.1 Å². The fraction of sp³-hybridized carbons (Fsp3) is 0.243. The van der Waals surface area contributed by atoms with Crippen molar-refractivity contribution in [2.75, 3.05) is 20.8 Å². The van der Waals surface area contributed by atoms with Crippen molar-refractivity contribution >= 4 is 24.5 Å². The number of rotatable bonds is 11. The summed E-state index contributed by atoms with van der Waals surface area (Å²) in [6, 6.07) is 35.3. The predicted octanol–water partition coefficient (Wildman–Crippen LogP) is 3.95. The maximum absolute atomic E-state index is 13.1. The molecule has 242 valence electrons. The number of hydrogen-bond acceptors (Lipinski definition) is 7. The SMILES string of the molecule is COc1ccc(C(OC[C@H]2O[C@@H](n3cc(C)c(=O)[nH]c3=O)[C@H]([Te]c3ccccc3)[C@@H]2O)(c2ccccc2)c2ccc(OC)cc2)cc1. The van der Waals surface area contributed by atoms with Gasteiger partial charge in [-0.2, -0.15) is 0 Å². The van der Waals surface area contributed by atoms with Crippen LogP contribution in [0.15, 0.2) is 125 Å². The van der Waals surface area contributed by atoms with Crippen LogP contribution in [0.4, 0.5) is 0 Å². The summed E-state index contributed by atoms with van der Waals surface area (Å²) >= 11 is -1.07. The van der Waals surface area contributed by atoms with Crippen molar-refractivity contribution in [3.8, 4) is 11.5 Å². The zero-order valence-electron chi connectivity index (χ0n) is 26.2. The molecular formula is C37H36N2O7Te. The van der Waals surface area contributed by atoms with Gasteiger partial charge in [-0.05, 0) is 0 Å². The molecule has 0 spiro atoms. The van der Waals surface area contributed by atoms with E-state index in [4.69, 9.17) is 18.9 Å². The topological polar surface area (TPSA) is 112 Å². The van der Waals surface area contributed by atoms with Gasteiger partial charge in [0.1, 0.15) is 0 Å². The third-order valence-corrected chi connectivity index (χ3v) is 12.2. The molecule has 1 aromatic heterocycles. The molecule has 6 rings (SSSR count). The van der Waals surface area contributed by atoms with Gasteiger partial charge in [0.05, 0.1) is 0 Å². The van der Waals surface area contributed by atoms with Gasteiger partial charge in [-0.3, -0.25) is 0 Å². The minimum absolute atomic E-state index is 0.0000382. The van der Waals surface area contributed by atoms with Crippen LogP contribution in [0.25, 0.3) is 0 Å². The first-order valence-corrected chi connectivity index (χ1v) is 17.7. The van der Waals surface area contributed by atoms with Crippen LogP contribution in [0, 0.1) is 6.92 Å². The molecular weight excluding hydrogens is 712 g/mol. The van der Waals surface area contributed by atoms with E-state index in [9.17, 15) is 14.7 Å². The molecule has 0 radical (unpaired) electrons. The Hall–Kier alpha value is -4.17. The Morgan fingerprint density at radius 2 is 1.34 bits per heavy atom. The standard InChI is InChI=1S/C37H36N2O7Te/c1-24-22-39(36(42)38-34(24)41)35-33(47-30-12-8-5-9-13-30)32(40)31(46-35)23-45-37(25-10-6-4-7-11-25,26-14-18-28(43-2)19-15-26)27-16-20-29(44-3)21-17-27/h4-22,31-33,35,40H,23H2,1-3H3,(H,38,41,42)/t31-,32-,33-,35-/m1/s1. The number of aryl methyl sites for hydroxylation is 1. The number of methoxy groups -OCH3 is 2. The van der Waals surface area contributed by atoms with E-state index in [1.54, 1.807) is 21.1 Å². The summed E-state index contributed by atoms with van der Waals surface area (Å²) in [5, 5.41) is 11.9. The second-order valence-corrected chi connectivity index (χ2v) is 14.8. The second kappa shape index (κ2) is 14.3. The molecule has 1 saturated heterocycles. The maximum atomic E-state index is 13.1. The number of aliphatic hydroxyl groups is 1. The van der Waals surface area contributed by atoms with Gasteiger partial charge in [-0.25, -0.2) is 0 Å². The van der Waals surface area contributed by atoms with Crippen molar-refractivity contribution in [2.45, 2.75) is 34.9 Å². The van der Waals surface area contributed by atoms with E-state index in [2.05, 4.69) is 4.98 Å². The zero-order valence-corrected chi connectivity index (χ0v) is 28.6. The quantitative estimate of drug-likeness (QED) is 0.156. The summed E-state index contributed by atoms with van der Waals surface area (Å²) in [5.41, 5.74) is 0.803. The summed E-state index contributed by atoms with van der Waals surface area (Å²) < 4.78 is 26.7. The number of H-pyrrole nitrogens is 1. The first-order valence-electron chi connectivity index (χ1n) is 15.2. The molecule has 1 aliphatic rings. The molecule has 5 aromatic rings. The Morgan fingerprint density at radius 1 is 0.809 bits per heavy atom. The van der Waals surface area contributed by atoms with Crippen molar-refractivity contribution in [1.29, 1.82) is 0 Å². The third-order valence-electron chi connectivity index (χ3n) is 8.39. The molecule has 47 heavy (non-hydrogen) atoms. The van der Waals surface area contributed by atoms with Gasteiger partial charge in [0.2, 0.25) is 0 Å². The van der Waals surface area contributed by atoms with Gasteiger partial charge in [0.15, 0.2) is 0 Å². The number of aromatic amines is 1. The molecule has 0 amide bonds. The number of nitrogens with zero attached hydrogens (tertiary/aromatic N) is 1. The number of hydrogen-bond donors (Lipinski definition) is 2. The number of aromatic nitrogens is 2. The minimum atomic E-state index is -1.11. The molecule has 2 N–H and O–H groups in total. The van der Waals surface area contributed by atoms with E-state index in [0.29, 0.717) is 17.1 Å². The van der Waals surface area contributed by atoms with Gasteiger partial charge in [-0.1, -0.05) is 0 Å². The summed E-state index contributed by atoms with van der Waals surface area (Å²) in [6.45, 7) is 1.64. The molecule has 4 atom stereocenters. The summed E-state index contributed by atoms with van der Waals surface area (Å²) in [7, 11) is 3.25. The number of aliphatic hydroxyl groups excluding tert-OH is 1. The normalized spacial score (nSPS) is 19.4. The van der Waals surface area contributed by atoms with Gasteiger partial charge >= 0.3 is 284 Å². The van der Waals surface area contributed by atoms with Crippen LogP contribution in [0.1, 0.15) is 28.5 Å². The molecule has 0 bridgehead atoms. The van der Waals surface area contributed by atoms with Crippen LogP contribution in [0.3, 0.4) is 0 Å². The number of benzene rings is 4. The molecule has 0 unspecified atom stereocenters. The van der Waals surface area contributed by atoms with Crippen molar-refractivity contribution in [1.82, 2.24) is 9.55 Å². The summed E-state index contributed by atoms with van der Waals surface area (Å²) in [6.07, 6.45) is -1.01. The third kappa shape index (κ3) is 6.66. The van der Waals surface area contributed by atoms with E-state index < -0.39 is 56.2 Å². The number of nitrogens with one attached hydrogen (secondary N) is 1. The second-order valence-electron chi connectivity index (χ2n) is 11.2. The molecule has 2 heterocycles.